The first-order valence-electron chi connectivity index (χ1n) is 3.13. The lowest BCUT2D eigenvalue weighted by molar-refractivity contribution is 0.609. The largest absolute Gasteiger partial charge is 0.399 e. The molecule has 0 amide bonds. The second-order valence-corrected chi connectivity index (χ2v) is 2.47. The van der Waals surface area contributed by atoms with E-state index in [1.54, 1.807) is 26.0 Å². The first kappa shape index (κ1) is 10.2. The van der Waals surface area contributed by atoms with Crippen molar-refractivity contribution in [3.8, 4) is 0 Å². The van der Waals surface area contributed by atoms with Gasteiger partial charge in [-0.25, -0.2) is 4.39 Å². The second-order valence-electron chi connectivity index (χ2n) is 2.47. The Morgan fingerprint density at radius 2 is 1.55 bits per heavy atom. The fourth-order valence-corrected chi connectivity index (χ4v) is 0.979. The van der Waals surface area contributed by atoms with E-state index in [9.17, 15) is 4.39 Å². The first-order valence-corrected chi connectivity index (χ1v) is 3.13. The van der Waals surface area contributed by atoms with Crippen LogP contribution in [0.15, 0.2) is 12.1 Å². The SMILES string of the molecule is Cc1cc(N)cc(C)c1F.Cl. The minimum absolute atomic E-state index is 0. The van der Waals surface area contributed by atoms with Crippen LogP contribution < -0.4 is 5.73 Å². The first-order chi connectivity index (χ1) is 4.61. The predicted molar refractivity (Wildman–Crippen MR) is 47.5 cm³/mol. The normalized spacial score (nSPS) is 9.00. The van der Waals surface area contributed by atoms with Crippen LogP contribution in [0.25, 0.3) is 0 Å². The summed E-state index contributed by atoms with van der Waals surface area (Å²) < 4.78 is 12.9. The van der Waals surface area contributed by atoms with E-state index in [1.807, 2.05) is 0 Å². The summed E-state index contributed by atoms with van der Waals surface area (Å²) >= 11 is 0. The van der Waals surface area contributed by atoms with Crippen LogP contribution in [0, 0.1) is 19.7 Å². The molecule has 0 aliphatic rings. The maximum Gasteiger partial charge on any atom is 0.129 e. The summed E-state index contributed by atoms with van der Waals surface area (Å²) in [6.07, 6.45) is 0. The number of benzene rings is 1. The molecule has 0 saturated carbocycles. The molecular weight excluding hydrogens is 165 g/mol. The number of anilines is 1. The van der Waals surface area contributed by atoms with Gasteiger partial charge in [0.2, 0.25) is 0 Å². The van der Waals surface area contributed by atoms with Gasteiger partial charge >= 0.3 is 0 Å². The Morgan fingerprint density at radius 1 is 1.18 bits per heavy atom. The van der Waals surface area contributed by atoms with Crippen molar-refractivity contribution in [2.24, 2.45) is 0 Å². The number of hydrogen-bond acceptors (Lipinski definition) is 1. The summed E-state index contributed by atoms with van der Waals surface area (Å²) in [5.41, 5.74) is 7.30. The van der Waals surface area contributed by atoms with Crippen molar-refractivity contribution in [3.63, 3.8) is 0 Å². The smallest absolute Gasteiger partial charge is 0.129 e. The van der Waals surface area contributed by atoms with Crippen molar-refractivity contribution in [3.05, 3.63) is 29.1 Å². The highest BCUT2D eigenvalue weighted by atomic mass is 35.5. The van der Waals surface area contributed by atoms with Crippen LogP contribution >= 0.6 is 12.4 Å². The summed E-state index contributed by atoms with van der Waals surface area (Å²) in [6, 6.07) is 3.25. The third kappa shape index (κ3) is 2.09. The zero-order valence-electron chi connectivity index (χ0n) is 6.52. The maximum absolute atomic E-state index is 12.9. The van der Waals surface area contributed by atoms with Crippen LogP contribution in [-0.4, -0.2) is 0 Å². The highest BCUT2D eigenvalue weighted by Gasteiger charge is 2.00. The monoisotopic (exact) mass is 175 g/mol. The molecule has 1 rings (SSSR count). The molecule has 0 atom stereocenters. The van der Waals surface area contributed by atoms with E-state index in [1.165, 1.54) is 0 Å². The molecule has 1 nitrogen and oxygen atoms in total. The summed E-state index contributed by atoms with van der Waals surface area (Å²) in [5, 5.41) is 0. The van der Waals surface area contributed by atoms with Gasteiger partial charge in [0.15, 0.2) is 0 Å². The van der Waals surface area contributed by atoms with Gasteiger partial charge in [-0.3, -0.25) is 0 Å². The maximum atomic E-state index is 12.9. The molecule has 1 aromatic carbocycles. The van der Waals surface area contributed by atoms with Gasteiger partial charge in [0, 0.05) is 5.69 Å². The van der Waals surface area contributed by atoms with Crippen molar-refractivity contribution in [1.29, 1.82) is 0 Å². The highest BCUT2D eigenvalue weighted by molar-refractivity contribution is 5.85. The van der Waals surface area contributed by atoms with Crippen LogP contribution in [0.5, 0.6) is 0 Å². The molecule has 62 valence electrons. The molecule has 0 aliphatic carbocycles. The third-order valence-electron chi connectivity index (χ3n) is 1.46. The molecule has 0 saturated heterocycles. The zero-order valence-corrected chi connectivity index (χ0v) is 7.33. The van der Waals surface area contributed by atoms with E-state index in [-0.39, 0.29) is 18.2 Å². The Morgan fingerprint density at radius 3 is 1.91 bits per heavy atom. The predicted octanol–water partition coefficient (Wildman–Crippen LogP) is 2.45. The second kappa shape index (κ2) is 3.58. The van der Waals surface area contributed by atoms with E-state index in [2.05, 4.69) is 0 Å². The standard InChI is InChI=1S/C8H10FN.ClH/c1-5-3-7(10)4-6(2)8(5)9;/h3-4H,10H2,1-2H3;1H. The summed E-state index contributed by atoms with van der Waals surface area (Å²) in [7, 11) is 0. The molecule has 0 bridgehead atoms. The molecule has 0 aliphatic heterocycles. The number of aryl methyl sites for hydroxylation is 2. The van der Waals surface area contributed by atoms with Crippen LogP contribution in [0.4, 0.5) is 10.1 Å². The Labute approximate surface area is 71.8 Å². The van der Waals surface area contributed by atoms with E-state index < -0.39 is 0 Å². The van der Waals surface area contributed by atoms with E-state index >= 15 is 0 Å². The quantitative estimate of drug-likeness (QED) is 0.603. The van der Waals surface area contributed by atoms with Gasteiger partial charge < -0.3 is 5.73 Å². The van der Waals surface area contributed by atoms with Crippen molar-refractivity contribution in [2.45, 2.75) is 13.8 Å². The van der Waals surface area contributed by atoms with Gasteiger partial charge in [0.1, 0.15) is 5.82 Å². The number of nitrogens with two attached hydrogens (primary N) is 1. The van der Waals surface area contributed by atoms with Crippen LogP contribution in [0.3, 0.4) is 0 Å². The van der Waals surface area contributed by atoms with Gasteiger partial charge in [-0.1, -0.05) is 0 Å². The van der Waals surface area contributed by atoms with Crippen molar-refractivity contribution in [1.82, 2.24) is 0 Å². The number of halogens is 2. The Bertz CT molecular complexity index is 237. The average molecular weight is 176 g/mol. The lowest BCUT2D eigenvalue weighted by Gasteiger charge is -2.01. The molecule has 0 fully saturated rings. The van der Waals surface area contributed by atoms with Crippen LogP contribution in [0.2, 0.25) is 0 Å². The zero-order chi connectivity index (χ0) is 7.72. The Kier molecular flexibility index (Phi) is 3.33. The average Bonchev–Trinajstić information content (AvgIpc) is 1.82. The summed E-state index contributed by atoms with van der Waals surface area (Å²) in [4.78, 5) is 0. The van der Waals surface area contributed by atoms with Crippen molar-refractivity contribution < 1.29 is 4.39 Å². The van der Waals surface area contributed by atoms with Crippen LogP contribution in [0.1, 0.15) is 11.1 Å². The minimum Gasteiger partial charge on any atom is -0.399 e. The van der Waals surface area contributed by atoms with Crippen molar-refractivity contribution in [2.75, 3.05) is 5.73 Å². The lowest BCUT2D eigenvalue weighted by Crippen LogP contribution is -1.92. The van der Waals surface area contributed by atoms with Gasteiger partial charge in [-0.15, -0.1) is 12.4 Å². The molecule has 0 unspecified atom stereocenters. The molecule has 1 aromatic rings. The summed E-state index contributed by atoms with van der Waals surface area (Å²) in [5.74, 6) is -0.158. The molecule has 2 N–H and O–H groups in total. The fourth-order valence-electron chi connectivity index (χ4n) is 0.979. The number of nitrogen functional groups attached to an aromatic ring is 1. The third-order valence-corrected chi connectivity index (χ3v) is 1.46. The lowest BCUT2D eigenvalue weighted by atomic mass is 10.1. The van der Waals surface area contributed by atoms with E-state index in [0.717, 1.165) is 0 Å². The fraction of sp³-hybridized carbons (Fsp3) is 0.250. The van der Waals surface area contributed by atoms with E-state index in [4.69, 9.17) is 5.73 Å². The molecule has 0 heterocycles. The molecule has 11 heavy (non-hydrogen) atoms. The Balaban J connectivity index is 0.000001000. The molecule has 0 radical (unpaired) electrons. The number of rotatable bonds is 0. The molecular formula is C8H11ClFN. The van der Waals surface area contributed by atoms with Crippen molar-refractivity contribution >= 4 is 18.1 Å². The van der Waals surface area contributed by atoms with Gasteiger partial charge in [-0.05, 0) is 37.1 Å². The molecule has 0 aromatic heterocycles. The van der Waals surface area contributed by atoms with E-state index in [0.29, 0.717) is 16.8 Å². The topological polar surface area (TPSA) is 26.0 Å². The van der Waals surface area contributed by atoms with Gasteiger partial charge in [-0.2, -0.15) is 0 Å². The van der Waals surface area contributed by atoms with Crippen LogP contribution in [-0.2, 0) is 0 Å². The summed E-state index contributed by atoms with van der Waals surface area (Å²) in [6.45, 7) is 3.41. The molecule has 3 heteroatoms. The molecule has 0 spiro atoms. The minimum atomic E-state index is -0.158. The number of hydrogen-bond donors (Lipinski definition) is 1. The highest BCUT2D eigenvalue weighted by Crippen LogP contribution is 2.15. The Hall–Kier alpha value is -0.760. The van der Waals surface area contributed by atoms with Gasteiger partial charge in [0.05, 0.1) is 0 Å². The van der Waals surface area contributed by atoms with Gasteiger partial charge in [0.25, 0.3) is 0 Å².